The molecule has 184 valence electrons. The number of hydrogen-bond donors (Lipinski definition) is 1. The van der Waals surface area contributed by atoms with Crippen LogP contribution in [0.3, 0.4) is 0 Å². The summed E-state index contributed by atoms with van der Waals surface area (Å²) >= 11 is 0. The normalized spacial score (nSPS) is 16.2. The maximum atomic E-state index is 13.1. The van der Waals surface area contributed by atoms with Gasteiger partial charge in [0.25, 0.3) is 12.4 Å². The number of benzene rings is 2. The summed E-state index contributed by atoms with van der Waals surface area (Å²) in [6.45, 7) is 8.43. The quantitative estimate of drug-likeness (QED) is 0.580. The topological polar surface area (TPSA) is 78.7 Å². The molecule has 0 radical (unpaired) electrons. The Morgan fingerprint density at radius 3 is 2.31 bits per heavy atom. The predicted molar refractivity (Wildman–Crippen MR) is 135 cm³/mol. The minimum Gasteiger partial charge on any atom is -0.483 e. The average Bonchev–Trinajstić information content (AvgIpc) is 3.20. The van der Waals surface area contributed by atoms with Crippen molar-refractivity contribution in [3.63, 3.8) is 0 Å². The molecular weight excluding hydrogens is 440 g/mol. The number of amides is 1. The zero-order chi connectivity index (χ0) is 24.8. The summed E-state index contributed by atoms with van der Waals surface area (Å²) in [6.07, 6.45) is 3.26. The lowest BCUT2D eigenvalue weighted by Gasteiger charge is -2.40. The van der Waals surface area contributed by atoms with Crippen molar-refractivity contribution in [2.45, 2.75) is 52.2 Å². The molecule has 1 N–H and O–H groups in total. The van der Waals surface area contributed by atoms with E-state index in [0.29, 0.717) is 6.04 Å². The smallest absolute Gasteiger partial charge is 0.290 e. The summed E-state index contributed by atoms with van der Waals surface area (Å²) in [5.74, 6) is 0.158. The molecule has 0 aliphatic carbocycles. The van der Waals surface area contributed by atoms with Gasteiger partial charge < -0.3 is 10.0 Å². The largest absolute Gasteiger partial charge is 0.483 e. The highest BCUT2D eigenvalue weighted by Crippen LogP contribution is 2.25. The molecule has 7 heteroatoms. The summed E-state index contributed by atoms with van der Waals surface area (Å²) in [5.41, 5.74) is 7.11. The van der Waals surface area contributed by atoms with E-state index in [-0.39, 0.29) is 12.4 Å². The Morgan fingerprint density at radius 1 is 1.03 bits per heavy atom. The molecule has 1 aromatic heterocycles. The van der Waals surface area contributed by atoms with Gasteiger partial charge in [-0.05, 0) is 68.0 Å². The lowest BCUT2D eigenvalue weighted by Crippen LogP contribution is -2.48. The van der Waals surface area contributed by atoms with E-state index in [2.05, 4.69) is 59.4 Å². The number of fused-ring (bicyclic) bond motifs is 1. The molecule has 0 spiro atoms. The van der Waals surface area contributed by atoms with E-state index in [0.717, 1.165) is 74.5 Å². The second-order valence-corrected chi connectivity index (χ2v) is 9.40. The maximum absolute atomic E-state index is 13.1. The fourth-order valence-corrected chi connectivity index (χ4v) is 5.21. The summed E-state index contributed by atoms with van der Waals surface area (Å²) < 4.78 is 2.01. The number of aryl methyl sites for hydroxylation is 2. The van der Waals surface area contributed by atoms with E-state index >= 15 is 0 Å². The number of likely N-dealkylation sites (tertiary alicyclic amines) is 1. The Labute approximate surface area is 207 Å². The van der Waals surface area contributed by atoms with Gasteiger partial charge in [0.15, 0.2) is 0 Å². The second-order valence-electron chi connectivity index (χ2n) is 9.40. The van der Waals surface area contributed by atoms with Gasteiger partial charge in [-0.1, -0.05) is 36.4 Å². The zero-order valence-electron chi connectivity index (χ0n) is 20.6. The molecule has 0 saturated carbocycles. The predicted octanol–water partition coefficient (Wildman–Crippen LogP) is 3.91. The summed E-state index contributed by atoms with van der Waals surface area (Å²) in [6, 6.07) is 19.5. The van der Waals surface area contributed by atoms with Gasteiger partial charge in [0.1, 0.15) is 0 Å². The van der Waals surface area contributed by atoms with Crippen LogP contribution in [0.15, 0.2) is 54.6 Å². The first-order chi connectivity index (χ1) is 17.0. The van der Waals surface area contributed by atoms with Crippen molar-refractivity contribution in [3.05, 3.63) is 88.2 Å². The number of carbonyl (C=O) groups excluding carboxylic acids is 1. The number of hydrogen-bond acceptors (Lipinski definition) is 4. The third-order valence-corrected chi connectivity index (χ3v) is 7.06. The molecule has 1 saturated heterocycles. The third kappa shape index (κ3) is 5.98. The molecular formula is C28H34N4O3. The van der Waals surface area contributed by atoms with Gasteiger partial charge in [-0.15, -0.1) is 0 Å². The van der Waals surface area contributed by atoms with E-state index in [9.17, 15) is 4.79 Å². The summed E-state index contributed by atoms with van der Waals surface area (Å²) in [7, 11) is 0. The van der Waals surface area contributed by atoms with Gasteiger partial charge in [-0.25, -0.2) is 0 Å². The van der Waals surface area contributed by atoms with Crippen LogP contribution >= 0.6 is 0 Å². The fourth-order valence-electron chi connectivity index (χ4n) is 5.21. The van der Waals surface area contributed by atoms with Crippen LogP contribution in [0, 0.1) is 13.8 Å². The Hall–Kier alpha value is -3.45. The number of aromatic nitrogens is 2. The van der Waals surface area contributed by atoms with Crippen molar-refractivity contribution in [1.82, 2.24) is 19.6 Å². The standard InChI is InChI=1S/C27H32N4O.CH2O2/c1-20-17-21(2)31(28-20)18-22-7-9-24(10-8-22)27(32)29-15-12-26(13-16-29)30-14-11-23-5-3-4-6-25(23)19-30;2-1-3/h3-10,17,26H,11-16,18-19H2,1-2H3;1H,(H,2,3). The monoisotopic (exact) mass is 474 g/mol. The second kappa shape index (κ2) is 11.3. The van der Waals surface area contributed by atoms with Crippen molar-refractivity contribution in [3.8, 4) is 0 Å². The first-order valence-electron chi connectivity index (χ1n) is 12.3. The van der Waals surface area contributed by atoms with E-state index in [4.69, 9.17) is 9.90 Å². The Kier molecular flexibility index (Phi) is 7.98. The van der Waals surface area contributed by atoms with Crippen molar-refractivity contribution < 1.29 is 14.7 Å². The molecule has 0 unspecified atom stereocenters. The van der Waals surface area contributed by atoms with Crippen LogP contribution in [0.5, 0.6) is 0 Å². The van der Waals surface area contributed by atoms with E-state index in [1.807, 2.05) is 28.6 Å². The van der Waals surface area contributed by atoms with E-state index < -0.39 is 0 Å². The molecule has 0 bridgehead atoms. The number of carboxylic acid groups (broad SMARTS) is 1. The van der Waals surface area contributed by atoms with Crippen LogP contribution in [-0.2, 0) is 24.3 Å². The summed E-state index contributed by atoms with van der Waals surface area (Å²) in [5, 5.41) is 11.4. The minimum atomic E-state index is -0.250. The lowest BCUT2D eigenvalue weighted by atomic mass is 9.95. The molecule has 1 fully saturated rings. The van der Waals surface area contributed by atoms with Crippen LogP contribution in [-0.4, -0.2) is 62.7 Å². The third-order valence-electron chi connectivity index (χ3n) is 7.06. The van der Waals surface area contributed by atoms with Crippen LogP contribution in [0.1, 0.15) is 51.3 Å². The van der Waals surface area contributed by atoms with Crippen LogP contribution < -0.4 is 0 Å². The Bertz CT molecular complexity index is 1150. The number of carbonyl (C=O) groups is 2. The van der Waals surface area contributed by atoms with Crippen LogP contribution in [0.4, 0.5) is 0 Å². The average molecular weight is 475 g/mol. The van der Waals surface area contributed by atoms with Crippen LogP contribution in [0.2, 0.25) is 0 Å². The van der Waals surface area contributed by atoms with E-state index in [1.165, 1.54) is 11.1 Å². The van der Waals surface area contributed by atoms with Crippen molar-refractivity contribution >= 4 is 12.4 Å². The SMILES string of the molecule is Cc1cc(C)n(Cc2ccc(C(=O)N3CCC(N4CCc5ccccc5C4)CC3)cc2)n1.O=CO. The highest BCUT2D eigenvalue weighted by molar-refractivity contribution is 5.94. The van der Waals surface area contributed by atoms with Gasteiger partial charge in [-0.2, -0.15) is 5.10 Å². The molecule has 1 amide bonds. The Morgan fingerprint density at radius 2 is 1.69 bits per heavy atom. The zero-order valence-corrected chi connectivity index (χ0v) is 20.6. The fraction of sp³-hybridized carbons (Fsp3) is 0.393. The molecule has 7 nitrogen and oxygen atoms in total. The van der Waals surface area contributed by atoms with Gasteiger partial charge >= 0.3 is 0 Å². The summed E-state index contributed by atoms with van der Waals surface area (Å²) in [4.78, 5) is 26.1. The number of rotatable bonds is 4. The van der Waals surface area contributed by atoms with Gasteiger partial charge in [0, 0.05) is 43.5 Å². The van der Waals surface area contributed by atoms with Crippen LogP contribution in [0.25, 0.3) is 0 Å². The number of piperidine rings is 1. The first-order valence-corrected chi connectivity index (χ1v) is 12.3. The van der Waals surface area contributed by atoms with Gasteiger partial charge in [0.2, 0.25) is 0 Å². The molecule has 2 aliphatic rings. The number of nitrogens with zero attached hydrogens (tertiary/aromatic N) is 4. The van der Waals surface area contributed by atoms with Crippen molar-refractivity contribution in [2.24, 2.45) is 0 Å². The van der Waals surface area contributed by atoms with Gasteiger partial charge in [0.05, 0.1) is 12.2 Å². The van der Waals surface area contributed by atoms with E-state index in [1.54, 1.807) is 0 Å². The maximum Gasteiger partial charge on any atom is 0.290 e. The highest BCUT2D eigenvalue weighted by atomic mass is 16.3. The lowest BCUT2D eigenvalue weighted by molar-refractivity contribution is -0.122. The minimum absolute atomic E-state index is 0.158. The molecule has 2 aromatic carbocycles. The molecule has 3 aromatic rings. The molecule has 5 rings (SSSR count). The van der Waals surface area contributed by atoms with Gasteiger partial charge in [-0.3, -0.25) is 19.2 Å². The molecule has 35 heavy (non-hydrogen) atoms. The highest BCUT2D eigenvalue weighted by Gasteiger charge is 2.29. The first kappa shape index (κ1) is 24.7. The Balaban J connectivity index is 0.000000917. The molecule has 3 heterocycles. The molecule has 2 aliphatic heterocycles. The molecule has 0 atom stereocenters. The van der Waals surface area contributed by atoms with Crippen molar-refractivity contribution in [1.29, 1.82) is 0 Å². The van der Waals surface area contributed by atoms with Crippen molar-refractivity contribution in [2.75, 3.05) is 19.6 Å².